The lowest BCUT2D eigenvalue weighted by Crippen LogP contribution is -2.30. The summed E-state index contributed by atoms with van der Waals surface area (Å²) in [6, 6.07) is 12.0. The molecule has 25 heavy (non-hydrogen) atoms. The van der Waals surface area contributed by atoms with E-state index in [1.165, 1.54) is 12.1 Å². The van der Waals surface area contributed by atoms with E-state index >= 15 is 0 Å². The van der Waals surface area contributed by atoms with E-state index in [9.17, 15) is 9.18 Å². The van der Waals surface area contributed by atoms with E-state index in [1.807, 2.05) is 24.0 Å². The molecule has 1 amide bonds. The number of benzene rings is 2. The van der Waals surface area contributed by atoms with E-state index in [4.69, 9.17) is 0 Å². The van der Waals surface area contributed by atoms with E-state index in [-0.39, 0.29) is 17.8 Å². The lowest BCUT2D eigenvalue weighted by molar-refractivity contribution is 0.0736. The first-order valence-electron chi connectivity index (χ1n) is 8.57. The molecule has 1 atom stereocenters. The third-order valence-electron chi connectivity index (χ3n) is 4.83. The molecule has 0 radical (unpaired) electrons. The molecule has 1 aliphatic heterocycles. The minimum absolute atomic E-state index is 0.00452. The van der Waals surface area contributed by atoms with Crippen LogP contribution in [-0.2, 0) is 6.54 Å². The summed E-state index contributed by atoms with van der Waals surface area (Å²) < 4.78 is 15.0. The first-order chi connectivity index (χ1) is 12.2. The number of carbonyl (C=O) groups is 1. The molecule has 0 N–H and O–H groups in total. The van der Waals surface area contributed by atoms with Gasteiger partial charge in [-0.3, -0.25) is 4.79 Å². The van der Waals surface area contributed by atoms with Crippen LogP contribution in [0.25, 0.3) is 11.0 Å². The fourth-order valence-electron chi connectivity index (χ4n) is 3.55. The molecule has 6 heteroatoms. The van der Waals surface area contributed by atoms with Crippen molar-refractivity contribution in [3.8, 4) is 0 Å². The maximum absolute atomic E-state index is 13.2. The number of hydrogen-bond acceptors (Lipinski definition) is 3. The number of aromatic nitrogens is 3. The van der Waals surface area contributed by atoms with Crippen LogP contribution in [-0.4, -0.2) is 32.3 Å². The summed E-state index contributed by atoms with van der Waals surface area (Å²) in [6.45, 7) is 3.45. The predicted octanol–water partition coefficient (Wildman–Crippen LogP) is 3.57. The van der Waals surface area contributed by atoms with Crippen molar-refractivity contribution in [3.05, 3.63) is 59.4 Å². The van der Waals surface area contributed by atoms with Crippen molar-refractivity contribution < 1.29 is 9.18 Å². The quantitative estimate of drug-likeness (QED) is 0.734. The van der Waals surface area contributed by atoms with Crippen molar-refractivity contribution in [2.24, 2.45) is 0 Å². The number of amides is 1. The zero-order chi connectivity index (χ0) is 17.4. The normalized spacial score (nSPS) is 17.4. The van der Waals surface area contributed by atoms with Crippen LogP contribution in [0.15, 0.2) is 42.5 Å². The molecular formula is C19H19FN4O. The largest absolute Gasteiger partial charge is 0.332 e. The highest BCUT2D eigenvalue weighted by molar-refractivity contribution is 5.97. The van der Waals surface area contributed by atoms with Gasteiger partial charge in [0.05, 0.1) is 11.6 Å². The molecule has 2 heterocycles. The second-order valence-electron chi connectivity index (χ2n) is 6.32. The van der Waals surface area contributed by atoms with Gasteiger partial charge in [0.2, 0.25) is 0 Å². The number of likely N-dealkylation sites (tertiary alicyclic amines) is 1. The second-order valence-corrected chi connectivity index (χ2v) is 6.32. The van der Waals surface area contributed by atoms with Crippen LogP contribution < -0.4 is 0 Å². The first-order valence-corrected chi connectivity index (χ1v) is 8.57. The van der Waals surface area contributed by atoms with E-state index in [2.05, 4.69) is 10.3 Å². The molecular weight excluding hydrogens is 319 g/mol. The van der Waals surface area contributed by atoms with Crippen molar-refractivity contribution in [2.75, 3.05) is 6.54 Å². The Labute approximate surface area is 145 Å². The molecule has 1 aliphatic rings. The maximum Gasteiger partial charge on any atom is 0.254 e. The van der Waals surface area contributed by atoms with Gasteiger partial charge >= 0.3 is 0 Å². The standard InChI is InChI=1S/C19H19FN4O/c1-2-24-18-10-7-14(12-16(18)21-22-24)19(25)23-11-3-4-17(23)13-5-8-15(20)9-6-13/h5-10,12,17H,2-4,11H2,1H3. The highest BCUT2D eigenvalue weighted by Crippen LogP contribution is 2.33. The van der Waals surface area contributed by atoms with Crippen molar-refractivity contribution in [3.63, 3.8) is 0 Å². The SMILES string of the molecule is CCn1nnc2cc(C(=O)N3CCCC3c3ccc(F)cc3)ccc21. The third-order valence-corrected chi connectivity index (χ3v) is 4.83. The van der Waals surface area contributed by atoms with Gasteiger partial charge in [-0.2, -0.15) is 0 Å². The van der Waals surface area contributed by atoms with E-state index in [0.29, 0.717) is 12.1 Å². The second kappa shape index (κ2) is 6.27. The van der Waals surface area contributed by atoms with Gasteiger partial charge in [0.25, 0.3) is 5.91 Å². The summed E-state index contributed by atoms with van der Waals surface area (Å²) in [7, 11) is 0. The zero-order valence-corrected chi connectivity index (χ0v) is 14.0. The molecule has 0 bridgehead atoms. The molecule has 0 saturated carbocycles. The molecule has 4 rings (SSSR count). The van der Waals surface area contributed by atoms with Crippen molar-refractivity contribution in [1.82, 2.24) is 19.9 Å². The van der Waals surface area contributed by atoms with Crippen LogP contribution in [0, 0.1) is 5.82 Å². The minimum atomic E-state index is -0.260. The van der Waals surface area contributed by atoms with Crippen molar-refractivity contribution in [1.29, 1.82) is 0 Å². The number of carbonyl (C=O) groups excluding carboxylic acids is 1. The number of halogens is 1. The van der Waals surface area contributed by atoms with Gasteiger partial charge in [0.15, 0.2) is 0 Å². The van der Waals surface area contributed by atoms with Crippen LogP contribution in [0.4, 0.5) is 4.39 Å². The highest BCUT2D eigenvalue weighted by atomic mass is 19.1. The topological polar surface area (TPSA) is 51.0 Å². The first kappa shape index (κ1) is 15.7. The summed E-state index contributed by atoms with van der Waals surface area (Å²) in [5.74, 6) is -0.274. The molecule has 0 aliphatic carbocycles. The number of nitrogens with zero attached hydrogens (tertiary/aromatic N) is 4. The van der Waals surface area contributed by atoms with Crippen LogP contribution in [0.2, 0.25) is 0 Å². The molecule has 5 nitrogen and oxygen atoms in total. The summed E-state index contributed by atoms with van der Waals surface area (Å²) in [5, 5.41) is 8.24. The fraction of sp³-hybridized carbons (Fsp3) is 0.316. The van der Waals surface area contributed by atoms with Crippen molar-refractivity contribution >= 4 is 16.9 Å². The Morgan fingerprint density at radius 2 is 2.04 bits per heavy atom. The molecule has 1 unspecified atom stereocenters. The van der Waals surface area contributed by atoms with Gasteiger partial charge in [-0.1, -0.05) is 17.3 Å². The summed E-state index contributed by atoms with van der Waals surface area (Å²) >= 11 is 0. The molecule has 1 fully saturated rings. The van der Waals surface area contributed by atoms with Gasteiger partial charge in [0, 0.05) is 18.7 Å². The van der Waals surface area contributed by atoms with Crippen molar-refractivity contribution in [2.45, 2.75) is 32.4 Å². The monoisotopic (exact) mass is 338 g/mol. The molecule has 0 spiro atoms. The van der Waals surface area contributed by atoms with Gasteiger partial charge < -0.3 is 4.90 Å². The lowest BCUT2D eigenvalue weighted by Gasteiger charge is -2.25. The maximum atomic E-state index is 13.2. The number of fused-ring (bicyclic) bond motifs is 1. The third kappa shape index (κ3) is 2.77. The van der Waals surface area contributed by atoms with E-state index in [0.717, 1.165) is 36.0 Å². The Bertz CT molecular complexity index is 919. The zero-order valence-electron chi connectivity index (χ0n) is 14.0. The Kier molecular flexibility index (Phi) is 3.95. The summed E-state index contributed by atoms with van der Waals surface area (Å²) in [6.07, 6.45) is 1.84. The number of hydrogen-bond donors (Lipinski definition) is 0. The Hall–Kier alpha value is -2.76. The molecule has 128 valence electrons. The van der Waals surface area contributed by atoms with Crippen LogP contribution in [0.1, 0.15) is 41.7 Å². The Morgan fingerprint density at radius 1 is 1.24 bits per heavy atom. The average molecular weight is 338 g/mol. The number of aryl methyl sites for hydroxylation is 1. The minimum Gasteiger partial charge on any atom is -0.332 e. The van der Waals surface area contributed by atoms with Gasteiger partial charge in [0.1, 0.15) is 11.3 Å². The van der Waals surface area contributed by atoms with Crippen LogP contribution in [0.3, 0.4) is 0 Å². The van der Waals surface area contributed by atoms with Gasteiger partial charge in [-0.25, -0.2) is 9.07 Å². The Morgan fingerprint density at radius 3 is 2.80 bits per heavy atom. The molecule has 1 aromatic heterocycles. The molecule has 3 aromatic rings. The molecule has 1 saturated heterocycles. The van der Waals surface area contributed by atoms with Gasteiger partial charge in [-0.15, -0.1) is 5.10 Å². The molecule has 2 aromatic carbocycles. The highest BCUT2D eigenvalue weighted by Gasteiger charge is 2.30. The fourth-order valence-corrected chi connectivity index (χ4v) is 3.55. The predicted molar refractivity (Wildman–Crippen MR) is 92.6 cm³/mol. The van der Waals surface area contributed by atoms with E-state index in [1.54, 1.807) is 22.9 Å². The average Bonchev–Trinajstić information content (AvgIpc) is 3.28. The number of rotatable bonds is 3. The van der Waals surface area contributed by atoms with E-state index < -0.39 is 0 Å². The smallest absolute Gasteiger partial charge is 0.254 e. The van der Waals surface area contributed by atoms with Crippen LogP contribution >= 0.6 is 0 Å². The summed E-state index contributed by atoms with van der Waals surface area (Å²) in [4.78, 5) is 14.9. The summed E-state index contributed by atoms with van der Waals surface area (Å²) in [5.41, 5.74) is 3.25. The lowest BCUT2D eigenvalue weighted by atomic mass is 10.0. The van der Waals surface area contributed by atoms with Crippen LogP contribution in [0.5, 0.6) is 0 Å². The van der Waals surface area contributed by atoms with Gasteiger partial charge in [-0.05, 0) is 55.7 Å². The Balaban J connectivity index is 1.64.